The van der Waals surface area contributed by atoms with Gasteiger partial charge in [-0.1, -0.05) is 18.6 Å². The van der Waals surface area contributed by atoms with E-state index in [0.29, 0.717) is 12.5 Å². The highest BCUT2D eigenvalue weighted by Crippen LogP contribution is 2.53. The number of rotatable bonds is 3. The van der Waals surface area contributed by atoms with Gasteiger partial charge in [-0.3, -0.25) is 4.79 Å². The van der Waals surface area contributed by atoms with Gasteiger partial charge in [0.15, 0.2) is 5.92 Å². The predicted octanol–water partition coefficient (Wildman–Crippen LogP) is 3.57. The smallest absolute Gasteiger partial charge is 0.325 e. The van der Waals surface area contributed by atoms with Crippen molar-refractivity contribution in [3.63, 3.8) is 0 Å². The van der Waals surface area contributed by atoms with E-state index in [9.17, 15) is 14.4 Å². The van der Waals surface area contributed by atoms with Gasteiger partial charge < -0.3 is 9.47 Å². The van der Waals surface area contributed by atoms with Crippen LogP contribution < -0.4 is 0 Å². The number of benzene rings is 1. The number of carbonyl (C=O) groups excluding carboxylic acids is 1. The number of hydrogen-bond acceptors (Lipinski definition) is 4. The largest absolute Gasteiger partial charge is 0.468 e. The van der Waals surface area contributed by atoms with Gasteiger partial charge in [0, 0.05) is 12.0 Å². The van der Waals surface area contributed by atoms with Crippen molar-refractivity contribution < 1.29 is 18.7 Å². The molecule has 0 N–H and O–H groups in total. The molecule has 1 spiro atoms. The lowest BCUT2D eigenvalue weighted by Crippen LogP contribution is -2.43. The van der Waals surface area contributed by atoms with E-state index in [0.717, 1.165) is 37.7 Å². The van der Waals surface area contributed by atoms with Crippen LogP contribution in [0.25, 0.3) is 0 Å². The maximum Gasteiger partial charge on any atom is 0.325 e. The summed E-state index contributed by atoms with van der Waals surface area (Å²) in [6, 6.07) is 8.74. The van der Waals surface area contributed by atoms with Gasteiger partial charge in [-0.15, -0.1) is 0 Å². The van der Waals surface area contributed by atoms with Crippen molar-refractivity contribution >= 4 is 5.97 Å². The first-order valence-corrected chi connectivity index (χ1v) is 8.44. The van der Waals surface area contributed by atoms with Crippen LogP contribution in [0.15, 0.2) is 24.3 Å². The Morgan fingerprint density at radius 3 is 2.83 bits per heavy atom. The average molecular weight is 331 g/mol. The molecule has 1 aliphatic heterocycles. The van der Waals surface area contributed by atoms with E-state index in [2.05, 4.69) is 6.07 Å². The maximum absolute atomic E-state index is 13.2. The van der Waals surface area contributed by atoms with Gasteiger partial charge >= 0.3 is 5.97 Å². The van der Waals surface area contributed by atoms with Crippen LogP contribution in [0.1, 0.15) is 43.6 Å². The van der Waals surface area contributed by atoms with Crippen molar-refractivity contribution in [3.8, 4) is 6.07 Å². The van der Waals surface area contributed by atoms with Gasteiger partial charge in [0.1, 0.15) is 5.82 Å². The lowest BCUT2D eigenvalue weighted by Gasteiger charge is -2.42. The summed E-state index contributed by atoms with van der Waals surface area (Å²) in [4.78, 5) is 12.0. The van der Waals surface area contributed by atoms with Crippen LogP contribution in [0.2, 0.25) is 0 Å². The van der Waals surface area contributed by atoms with Crippen molar-refractivity contribution in [1.29, 1.82) is 5.26 Å². The Labute approximate surface area is 141 Å². The third-order valence-corrected chi connectivity index (χ3v) is 5.62. The third kappa shape index (κ3) is 3.03. The Kier molecular flexibility index (Phi) is 4.86. The van der Waals surface area contributed by atoms with Crippen molar-refractivity contribution in [2.75, 3.05) is 13.7 Å². The van der Waals surface area contributed by atoms with E-state index in [1.54, 1.807) is 0 Å². The van der Waals surface area contributed by atoms with Gasteiger partial charge in [0.2, 0.25) is 0 Å². The molecule has 0 radical (unpaired) electrons. The SMILES string of the molecule is COC(=O)C(C#N)C1OCCC12CCCC(c1ccc(F)cc1)C2. The van der Waals surface area contributed by atoms with Gasteiger partial charge in [-0.25, -0.2) is 4.39 Å². The summed E-state index contributed by atoms with van der Waals surface area (Å²) in [7, 11) is 1.30. The monoisotopic (exact) mass is 331 g/mol. The first kappa shape index (κ1) is 16.9. The fraction of sp³-hybridized carbons (Fsp3) is 0.579. The summed E-state index contributed by atoms with van der Waals surface area (Å²) < 4.78 is 23.8. The highest BCUT2D eigenvalue weighted by Gasteiger charge is 2.52. The molecule has 0 bridgehead atoms. The van der Waals surface area contributed by atoms with Gasteiger partial charge in [0.05, 0.1) is 19.3 Å². The summed E-state index contributed by atoms with van der Waals surface area (Å²) in [5, 5.41) is 9.44. The summed E-state index contributed by atoms with van der Waals surface area (Å²) >= 11 is 0. The summed E-state index contributed by atoms with van der Waals surface area (Å²) in [6.45, 7) is 0.565. The van der Waals surface area contributed by atoms with Crippen LogP contribution in [0.5, 0.6) is 0 Å². The molecule has 1 saturated heterocycles. The number of methoxy groups -OCH3 is 1. The molecular weight excluding hydrogens is 309 g/mol. The zero-order valence-electron chi connectivity index (χ0n) is 13.8. The number of ether oxygens (including phenoxy) is 2. The zero-order chi connectivity index (χ0) is 17.2. The number of nitriles is 1. The minimum absolute atomic E-state index is 0.175. The molecule has 5 heteroatoms. The molecule has 4 nitrogen and oxygen atoms in total. The van der Waals surface area contributed by atoms with Crippen LogP contribution in [0.4, 0.5) is 4.39 Å². The lowest BCUT2D eigenvalue weighted by molar-refractivity contribution is -0.150. The lowest BCUT2D eigenvalue weighted by atomic mass is 9.62. The van der Waals surface area contributed by atoms with Gasteiger partial charge in [-0.2, -0.15) is 5.26 Å². The Hall–Kier alpha value is -1.93. The molecule has 128 valence electrons. The van der Waals surface area contributed by atoms with Crippen molar-refractivity contribution in [2.45, 2.75) is 44.1 Å². The predicted molar refractivity (Wildman–Crippen MR) is 85.5 cm³/mol. The molecule has 1 aromatic rings. The highest BCUT2D eigenvalue weighted by molar-refractivity contribution is 5.76. The number of esters is 1. The first-order valence-electron chi connectivity index (χ1n) is 8.44. The molecule has 3 rings (SSSR count). The molecule has 2 fully saturated rings. The molecule has 0 amide bonds. The topological polar surface area (TPSA) is 59.3 Å². The average Bonchev–Trinajstić information content (AvgIpc) is 2.98. The molecule has 1 saturated carbocycles. The van der Waals surface area contributed by atoms with Crippen molar-refractivity contribution in [1.82, 2.24) is 0 Å². The molecule has 1 aromatic carbocycles. The van der Waals surface area contributed by atoms with Crippen LogP contribution in [-0.4, -0.2) is 25.8 Å². The standard InChI is InChI=1S/C19H22FNO3/c1-23-18(22)16(12-21)17-19(9-10-24-17)8-2-3-14(11-19)13-4-6-15(20)7-5-13/h4-7,14,16-17H,2-3,8-11H2,1H3. The van der Waals surface area contributed by atoms with Crippen LogP contribution in [0, 0.1) is 28.5 Å². The molecule has 1 aliphatic carbocycles. The van der Waals surface area contributed by atoms with E-state index in [1.165, 1.54) is 19.2 Å². The second-order valence-electron chi connectivity index (χ2n) is 6.88. The third-order valence-electron chi connectivity index (χ3n) is 5.62. The first-order chi connectivity index (χ1) is 11.6. The Morgan fingerprint density at radius 2 is 2.17 bits per heavy atom. The van der Waals surface area contributed by atoms with Crippen molar-refractivity contribution in [2.24, 2.45) is 11.3 Å². The van der Waals surface area contributed by atoms with E-state index in [-0.39, 0.29) is 11.2 Å². The molecule has 0 aromatic heterocycles. The fourth-order valence-electron chi connectivity index (χ4n) is 4.43. The van der Waals surface area contributed by atoms with Gasteiger partial charge in [-0.05, 0) is 49.3 Å². The molecule has 1 heterocycles. The summed E-state index contributed by atoms with van der Waals surface area (Å²) in [5.74, 6) is -1.33. The minimum Gasteiger partial charge on any atom is -0.468 e. The Balaban J connectivity index is 1.84. The van der Waals surface area contributed by atoms with Crippen LogP contribution in [0.3, 0.4) is 0 Å². The molecule has 4 atom stereocenters. The second kappa shape index (κ2) is 6.90. The zero-order valence-corrected chi connectivity index (χ0v) is 13.8. The van der Waals surface area contributed by atoms with E-state index >= 15 is 0 Å². The minimum atomic E-state index is -0.885. The normalized spacial score (nSPS) is 30.7. The summed E-state index contributed by atoms with van der Waals surface area (Å²) in [6.07, 6.45) is 4.29. The second-order valence-corrected chi connectivity index (χ2v) is 6.88. The number of halogens is 1. The van der Waals surface area contributed by atoms with E-state index in [4.69, 9.17) is 9.47 Å². The Bertz CT molecular complexity index is 639. The van der Waals surface area contributed by atoms with E-state index < -0.39 is 18.0 Å². The summed E-state index contributed by atoms with van der Waals surface area (Å²) in [5.41, 5.74) is 0.944. The maximum atomic E-state index is 13.2. The van der Waals surface area contributed by atoms with Crippen molar-refractivity contribution in [3.05, 3.63) is 35.6 Å². The van der Waals surface area contributed by atoms with Crippen LogP contribution in [-0.2, 0) is 14.3 Å². The highest BCUT2D eigenvalue weighted by atomic mass is 19.1. The molecule has 24 heavy (non-hydrogen) atoms. The van der Waals surface area contributed by atoms with Gasteiger partial charge in [0.25, 0.3) is 0 Å². The fourth-order valence-corrected chi connectivity index (χ4v) is 4.43. The molecule has 2 aliphatic rings. The number of carbonyl (C=O) groups is 1. The quantitative estimate of drug-likeness (QED) is 0.795. The molecular formula is C19H22FNO3. The molecule has 4 unspecified atom stereocenters. The van der Waals surface area contributed by atoms with Crippen LogP contribution >= 0.6 is 0 Å². The Morgan fingerprint density at radius 1 is 1.42 bits per heavy atom. The number of nitrogens with zero attached hydrogens (tertiary/aromatic N) is 1. The van der Waals surface area contributed by atoms with E-state index in [1.807, 2.05) is 12.1 Å². The number of hydrogen-bond donors (Lipinski definition) is 0.